The Bertz CT molecular complexity index is 413. The molecule has 70 valence electrons. The summed E-state index contributed by atoms with van der Waals surface area (Å²) < 4.78 is 0. The molecule has 0 radical (unpaired) electrons. The summed E-state index contributed by atoms with van der Waals surface area (Å²) in [5.41, 5.74) is 1.21. The number of carbonyl (C=O) groups is 1. The zero-order valence-corrected chi connectivity index (χ0v) is 8.33. The summed E-state index contributed by atoms with van der Waals surface area (Å²) in [5, 5.41) is 0.373. The highest BCUT2D eigenvalue weighted by Crippen LogP contribution is 2.45. The van der Waals surface area contributed by atoms with Crippen LogP contribution in [0.2, 0.25) is 0 Å². The maximum Gasteiger partial charge on any atom is 0.230 e. The molecular weight excluding hydrogens is 194 g/mol. The van der Waals surface area contributed by atoms with Crippen molar-refractivity contribution in [2.45, 2.75) is 11.8 Å². The molecule has 0 aromatic heterocycles. The van der Waals surface area contributed by atoms with Crippen molar-refractivity contribution in [2.75, 3.05) is 0 Å². The summed E-state index contributed by atoms with van der Waals surface area (Å²) in [6.45, 7) is 0. The first kappa shape index (κ1) is 8.12. The number of carbonyl (C=O) groups excluding carboxylic acids is 1. The van der Waals surface area contributed by atoms with Gasteiger partial charge in [0.25, 0.3) is 0 Å². The smallest absolute Gasteiger partial charge is 0.230 e. The maximum absolute atomic E-state index is 11.2. The third-order valence-corrected chi connectivity index (χ3v) is 3.79. The Morgan fingerprint density at radius 2 is 2.07 bits per heavy atom. The quantitative estimate of drug-likeness (QED) is 0.653. The van der Waals surface area contributed by atoms with E-state index in [4.69, 9.17) is 0 Å². The van der Waals surface area contributed by atoms with Crippen molar-refractivity contribution < 1.29 is 4.79 Å². The number of nitrogens with zero attached hydrogens (tertiary/aromatic N) is 1. The van der Waals surface area contributed by atoms with Crippen LogP contribution in [0.5, 0.6) is 0 Å². The van der Waals surface area contributed by atoms with Gasteiger partial charge in [-0.15, -0.1) is 0 Å². The van der Waals surface area contributed by atoms with E-state index >= 15 is 0 Å². The van der Waals surface area contributed by atoms with Gasteiger partial charge in [-0.3, -0.25) is 4.79 Å². The van der Waals surface area contributed by atoms with Crippen LogP contribution >= 0.6 is 11.8 Å². The predicted molar refractivity (Wildman–Crippen MR) is 57.3 cm³/mol. The van der Waals surface area contributed by atoms with E-state index in [0.717, 1.165) is 0 Å². The molecule has 1 aromatic carbocycles. The molecule has 1 saturated heterocycles. The molecular formula is C11H9NOS. The number of β-lactam (4-membered cyclic amide) rings is 1. The Kier molecular flexibility index (Phi) is 1.67. The summed E-state index contributed by atoms with van der Waals surface area (Å²) in [4.78, 5) is 14.2. The van der Waals surface area contributed by atoms with E-state index in [0.29, 0.717) is 11.8 Å². The molecule has 1 fully saturated rings. The molecule has 2 aliphatic heterocycles. The lowest BCUT2D eigenvalue weighted by molar-refractivity contribution is -0.137. The minimum Gasteiger partial charge on any atom is -0.304 e. The summed E-state index contributed by atoms with van der Waals surface area (Å²) in [6.07, 6.45) is 2.66. The van der Waals surface area contributed by atoms with Crippen molar-refractivity contribution in [3.8, 4) is 0 Å². The van der Waals surface area contributed by atoms with Crippen LogP contribution < -0.4 is 0 Å². The molecule has 1 aromatic rings. The number of rotatable bonds is 1. The highest BCUT2D eigenvalue weighted by atomic mass is 32.2. The molecule has 0 N–H and O–H groups in total. The first-order valence-electron chi connectivity index (χ1n) is 4.60. The fourth-order valence-electron chi connectivity index (χ4n) is 1.70. The van der Waals surface area contributed by atoms with Crippen LogP contribution in [0.3, 0.4) is 0 Å². The van der Waals surface area contributed by atoms with E-state index in [1.165, 1.54) is 10.5 Å². The molecule has 0 saturated carbocycles. The van der Waals surface area contributed by atoms with Gasteiger partial charge in [0.15, 0.2) is 0 Å². The van der Waals surface area contributed by atoms with Gasteiger partial charge in [0, 0.05) is 11.1 Å². The molecule has 2 aliphatic rings. The van der Waals surface area contributed by atoms with Crippen LogP contribution in [-0.4, -0.2) is 16.2 Å². The van der Waals surface area contributed by atoms with Gasteiger partial charge in [-0.05, 0) is 5.56 Å². The molecule has 1 amide bonds. The number of hydrogen-bond acceptors (Lipinski definition) is 2. The Morgan fingerprint density at radius 3 is 2.71 bits per heavy atom. The van der Waals surface area contributed by atoms with Crippen molar-refractivity contribution in [3.63, 3.8) is 0 Å². The molecule has 14 heavy (non-hydrogen) atoms. The average Bonchev–Trinajstić information content (AvgIpc) is 2.57. The summed E-state index contributed by atoms with van der Waals surface area (Å²) in [5.74, 6) is 0.244. The molecule has 2 heterocycles. The maximum atomic E-state index is 11.2. The molecule has 0 bridgehead atoms. The third-order valence-electron chi connectivity index (χ3n) is 2.53. The average molecular weight is 203 g/mol. The van der Waals surface area contributed by atoms with Crippen LogP contribution in [0.25, 0.3) is 4.91 Å². The fraction of sp³-hybridized carbons (Fsp3) is 0.182. The Morgan fingerprint density at radius 1 is 1.29 bits per heavy atom. The molecule has 3 rings (SSSR count). The largest absolute Gasteiger partial charge is 0.304 e. The van der Waals surface area contributed by atoms with Crippen molar-refractivity contribution in [1.82, 2.24) is 4.90 Å². The summed E-state index contributed by atoms with van der Waals surface area (Å²) in [7, 11) is 0. The van der Waals surface area contributed by atoms with Crippen LogP contribution in [0.15, 0.2) is 36.5 Å². The highest BCUT2D eigenvalue weighted by molar-refractivity contribution is 8.09. The number of hydrogen-bond donors (Lipinski definition) is 0. The minimum atomic E-state index is 0.244. The van der Waals surface area contributed by atoms with Crippen molar-refractivity contribution in [3.05, 3.63) is 42.1 Å². The minimum absolute atomic E-state index is 0.244. The Labute approximate surface area is 86.6 Å². The standard InChI is InChI=1S/C11H9NOS/c13-10-6-11-12(10)7-9(14-11)8-4-2-1-3-5-8/h1-5,7,11H,6H2/t11-/m1/s1. The van der Waals surface area contributed by atoms with Gasteiger partial charge in [-0.1, -0.05) is 42.1 Å². The number of benzene rings is 1. The van der Waals surface area contributed by atoms with Gasteiger partial charge in [0.05, 0.1) is 11.8 Å². The van der Waals surface area contributed by atoms with Crippen LogP contribution in [0.4, 0.5) is 0 Å². The lowest BCUT2D eigenvalue weighted by Gasteiger charge is -2.31. The van der Waals surface area contributed by atoms with Gasteiger partial charge in [0.2, 0.25) is 5.91 Å². The SMILES string of the molecule is O=C1C[C@H]2SC(c3ccccc3)=CN12. The van der Waals surface area contributed by atoms with Gasteiger partial charge >= 0.3 is 0 Å². The Hall–Kier alpha value is -1.22. The van der Waals surface area contributed by atoms with E-state index in [1.54, 1.807) is 11.8 Å². The summed E-state index contributed by atoms with van der Waals surface area (Å²) in [6, 6.07) is 10.2. The number of fused-ring (bicyclic) bond motifs is 1. The topological polar surface area (TPSA) is 20.3 Å². The van der Waals surface area contributed by atoms with Crippen molar-refractivity contribution in [1.29, 1.82) is 0 Å². The van der Waals surface area contributed by atoms with Crippen molar-refractivity contribution in [2.24, 2.45) is 0 Å². The molecule has 0 aliphatic carbocycles. The molecule has 2 nitrogen and oxygen atoms in total. The lowest BCUT2D eigenvalue weighted by Crippen LogP contribution is -2.44. The Balaban J connectivity index is 1.92. The van der Waals surface area contributed by atoms with Gasteiger partial charge < -0.3 is 4.90 Å². The van der Waals surface area contributed by atoms with E-state index in [-0.39, 0.29) is 5.91 Å². The summed E-state index contributed by atoms with van der Waals surface area (Å²) >= 11 is 1.78. The van der Waals surface area contributed by atoms with E-state index < -0.39 is 0 Å². The number of amides is 1. The van der Waals surface area contributed by atoms with Gasteiger partial charge in [-0.25, -0.2) is 0 Å². The third kappa shape index (κ3) is 1.09. The van der Waals surface area contributed by atoms with Crippen LogP contribution in [-0.2, 0) is 4.79 Å². The predicted octanol–water partition coefficient (Wildman–Crippen LogP) is 2.29. The first-order chi connectivity index (χ1) is 6.84. The molecule has 0 spiro atoms. The molecule has 1 atom stereocenters. The zero-order chi connectivity index (χ0) is 9.54. The normalized spacial score (nSPS) is 24.3. The molecule has 0 unspecified atom stereocenters. The second-order valence-corrected chi connectivity index (χ2v) is 4.66. The second kappa shape index (κ2) is 2.89. The van der Waals surface area contributed by atoms with Gasteiger partial charge in [-0.2, -0.15) is 0 Å². The lowest BCUT2D eigenvalue weighted by atomic mass is 10.2. The highest BCUT2D eigenvalue weighted by Gasteiger charge is 2.40. The first-order valence-corrected chi connectivity index (χ1v) is 5.47. The number of thioether (sulfide) groups is 1. The van der Waals surface area contributed by atoms with Crippen LogP contribution in [0, 0.1) is 0 Å². The van der Waals surface area contributed by atoms with Crippen molar-refractivity contribution >= 4 is 22.6 Å². The second-order valence-electron chi connectivity index (χ2n) is 3.44. The monoisotopic (exact) mass is 203 g/mol. The molecule has 3 heteroatoms. The van der Waals surface area contributed by atoms with Crippen LogP contribution in [0.1, 0.15) is 12.0 Å². The van der Waals surface area contributed by atoms with E-state index in [1.807, 2.05) is 29.3 Å². The van der Waals surface area contributed by atoms with Gasteiger partial charge in [0.1, 0.15) is 0 Å². The van der Waals surface area contributed by atoms with E-state index in [9.17, 15) is 4.79 Å². The fourth-order valence-corrected chi connectivity index (χ4v) is 2.96. The zero-order valence-electron chi connectivity index (χ0n) is 7.51. The van der Waals surface area contributed by atoms with E-state index in [2.05, 4.69) is 12.1 Å².